The summed E-state index contributed by atoms with van der Waals surface area (Å²) in [7, 11) is 0. The van der Waals surface area contributed by atoms with Crippen LogP contribution in [0.1, 0.15) is 45.4 Å². The summed E-state index contributed by atoms with van der Waals surface area (Å²) < 4.78 is 0. The average molecular weight is 183 g/mol. The molecule has 2 aliphatic rings. The molecule has 1 saturated heterocycles. The summed E-state index contributed by atoms with van der Waals surface area (Å²) in [5.74, 6) is 0. The van der Waals surface area contributed by atoms with Crippen LogP contribution in [-0.2, 0) is 0 Å². The largest absolute Gasteiger partial charge is 0.390 e. The van der Waals surface area contributed by atoms with Gasteiger partial charge < -0.3 is 10.0 Å². The van der Waals surface area contributed by atoms with Gasteiger partial charge in [-0.15, -0.1) is 0 Å². The predicted molar refractivity (Wildman–Crippen MR) is 53.7 cm³/mol. The van der Waals surface area contributed by atoms with E-state index in [2.05, 4.69) is 11.8 Å². The smallest absolute Gasteiger partial charge is 0.0662 e. The lowest BCUT2D eigenvalue weighted by Crippen LogP contribution is -2.43. The predicted octanol–water partition coefficient (Wildman–Crippen LogP) is 1.78. The van der Waals surface area contributed by atoms with Gasteiger partial charge in [0.2, 0.25) is 0 Å². The van der Waals surface area contributed by atoms with E-state index in [9.17, 15) is 5.11 Å². The average Bonchev–Trinajstić information content (AvgIpc) is 2.49. The highest BCUT2D eigenvalue weighted by Gasteiger charge is 2.38. The van der Waals surface area contributed by atoms with Gasteiger partial charge in [-0.1, -0.05) is 6.92 Å². The van der Waals surface area contributed by atoms with Crippen molar-refractivity contribution in [1.29, 1.82) is 0 Å². The van der Waals surface area contributed by atoms with E-state index in [1.54, 1.807) is 0 Å². The van der Waals surface area contributed by atoms with E-state index >= 15 is 0 Å². The Morgan fingerprint density at radius 2 is 2.15 bits per heavy atom. The quantitative estimate of drug-likeness (QED) is 0.721. The van der Waals surface area contributed by atoms with Crippen LogP contribution >= 0.6 is 0 Å². The fourth-order valence-corrected chi connectivity index (χ4v) is 2.77. The third-order valence-corrected chi connectivity index (χ3v) is 3.81. The number of nitrogens with zero attached hydrogens (tertiary/aromatic N) is 1. The fourth-order valence-electron chi connectivity index (χ4n) is 2.77. The first kappa shape index (κ1) is 9.47. The molecule has 1 unspecified atom stereocenters. The van der Waals surface area contributed by atoms with Crippen molar-refractivity contribution >= 4 is 0 Å². The molecule has 1 aliphatic carbocycles. The van der Waals surface area contributed by atoms with E-state index in [0.717, 1.165) is 25.8 Å². The van der Waals surface area contributed by atoms with Crippen molar-refractivity contribution in [2.75, 3.05) is 13.1 Å². The molecule has 1 aliphatic heterocycles. The number of hydrogen-bond acceptors (Lipinski definition) is 2. The minimum Gasteiger partial charge on any atom is -0.390 e. The minimum atomic E-state index is -0.275. The maximum atomic E-state index is 10.1. The molecule has 2 heteroatoms. The SMILES string of the molecule is CCN1CCCC1CC1(O)CCC1. The molecule has 0 bridgehead atoms. The molecule has 2 fully saturated rings. The maximum Gasteiger partial charge on any atom is 0.0662 e. The van der Waals surface area contributed by atoms with Gasteiger partial charge in [-0.3, -0.25) is 0 Å². The highest BCUT2D eigenvalue weighted by Crippen LogP contribution is 2.38. The van der Waals surface area contributed by atoms with Gasteiger partial charge in [-0.2, -0.15) is 0 Å². The molecule has 0 aromatic heterocycles. The fraction of sp³-hybridized carbons (Fsp3) is 1.00. The minimum absolute atomic E-state index is 0.275. The van der Waals surface area contributed by atoms with Crippen LogP contribution in [0.5, 0.6) is 0 Å². The first-order chi connectivity index (χ1) is 6.23. The summed E-state index contributed by atoms with van der Waals surface area (Å²) in [6, 6.07) is 0.676. The van der Waals surface area contributed by atoms with Gasteiger partial charge in [-0.05, 0) is 51.6 Å². The molecule has 0 amide bonds. The lowest BCUT2D eigenvalue weighted by atomic mass is 9.75. The van der Waals surface area contributed by atoms with Crippen molar-refractivity contribution in [3.63, 3.8) is 0 Å². The molecule has 0 spiro atoms. The van der Waals surface area contributed by atoms with Gasteiger partial charge in [0, 0.05) is 6.04 Å². The first-order valence-electron chi connectivity index (χ1n) is 5.70. The summed E-state index contributed by atoms with van der Waals surface area (Å²) in [4.78, 5) is 2.52. The number of rotatable bonds is 3. The molecule has 1 heterocycles. The molecule has 1 saturated carbocycles. The summed E-state index contributed by atoms with van der Waals surface area (Å²) in [5.41, 5.74) is -0.275. The van der Waals surface area contributed by atoms with Gasteiger partial charge >= 0.3 is 0 Å². The van der Waals surface area contributed by atoms with E-state index in [1.807, 2.05) is 0 Å². The lowest BCUT2D eigenvalue weighted by molar-refractivity contribution is -0.0553. The molecule has 0 aromatic carbocycles. The Morgan fingerprint density at radius 3 is 2.69 bits per heavy atom. The van der Waals surface area contributed by atoms with Crippen molar-refractivity contribution in [2.45, 2.75) is 57.1 Å². The van der Waals surface area contributed by atoms with Crippen molar-refractivity contribution in [3.05, 3.63) is 0 Å². The Balaban J connectivity index is 1.86. The third kappa shape index (κ3) is 1.89. The molecule has 76 valence electrons. The highest BCUT2D eigenvalue weighted by atomic mass is 16.3. The highest BCUT2D eigenvalue weighted by molar-refractivity contribution is 4.93. The normalized spacial score (nSPS) is 33.2. The zero-order chi connectivity index (χ0) is 9.31. The first-order valence-corrected chi connectivity index (χ1v) is 5.70. The van der Waals surface area contributed by atoms with Gasteiger partial charge in [0.05, 0.1) is 5.60 Å². The molecule has 1 atom stereocenters. The van der Waals surface area contributed by atoms with Crippen LogP contribution in [0.4, 0.5) is 0 Å². The zero-order valence-electron chi connectivity index (χ0n) is 8.63. The maximum absolute atomic E-state index is 10.1. The Hall–Kier alpha value is -0.0800. The Kier molecular flexibility index (Phi) is 2.61. The molecule has 1 N–H and O–H groups in total. The molecule has 0 aromatic rings. The second kappa shape index (κ2) is 3.58. The van der Waals surface area contributed by atoms with Crippen LogP contribution in [0.25, 0.3) is 0 Å². The Labute approximate surface area is 80.9 Å². The standard InChI is InChI=1S/C11H21NO/c1-2-12-8-3-5-10(12)9-11(13)6-4-7-11/h10,13H,2-9H2,1H3. The van der Waals surface area contributed by atoms with Gasteiger partial charge in [-0.25, -0.2) is 0 Å². The summed E-state index contributed by atoms with van der Waals surface area (Å²) in [6.45, 7) is 4.63. The summed E-state index contributed by atoms with van der Waals surface area (Å²) in [6.07, 6.45) is 6.98. The van der Waals surface area contributed by atoms with Crippen LogP contribution in [-0.4, -0.2) is 34.7 Å². The van der Waals surface area contributed by atoms with E-state index in [1.165, 1.54) is 25.8 Å². The van der Waals surface area contributed by atoms with E-state index < -0.39 is 0 Å². The molecule has 2 rings (SSSR count). The van der Waals surface area contributed by atoms with E-state index in [-0.39, 0.29) is 5.60 Å². The molecular weight excluding hydrogens is 162 g/mol. The Bertz CT molecular complexity index is 177. The van der Waals surface area contributed by atoms with E-state index in [0.29, 0.717) is 6.04 Å². The van der Waals surface area contributed by atoms with Crippen LogP contribution < -0.4 is 0 Å². The van der Waals surface area contributed by atoms with E-state index in [4.69, 9.17) is 0 Å². The van der Waals surface area contributed by atoms with Crippen LogP contribution in [0.2, 0.25) is 0 Å². The second-order valence-corrected chi connectivity index (χ2v) is 4.71. The van der Waals surface area contributed by atoms with Crippen molar-refractivity contribution in [3.8, 4) is 0 Å². The molecule has 2 nitrogen and oxygen atoms in total. The number of hydrogen-bond donors (Lipinski definition) is 1. The number of likely N-dealkylation sites (tertiary alicyclic amines) is 1. The lowest BCUT2D eigenvalue weighted by Gasteiger charge is -2.40. The van der Waals surface area contributed by atoms with Crippen LogP contribution in [0.15, 0.2) is 0 Å². The van der Waals surface area contributed by atoms with Crippen LogP contribution in [0, 0.1) is 0 Å². The zero-order valence-corrected chi connectivity index (χ0v) is 8.63. The molecule has 0 radical (unpaired) electrons. The molecular formula is C11H21NO. The third-order valence-electron chi connectivity index (χ3n) is 3.81. The molecule has 13 heavy (non-hydrogen) atoms. The second-order valence-electron chi connectivity index (χ2n) is 4.71. The monoisotopic (exact) mass is 183 g/mol. The van der Waals surface area contributed by atoms with Crippen LogP contribution in [0.3, 0.4) is 0 Å². The van der Waals surface area contributed by atoms with Gasteiger partial charge in [0.1, 0.15) is 0 Å². The summed E-state index contributed by atoms with van der Waals surface area (Å²) >= 11 is 0. The topological polar surface area (TPSA) is 23.5 Å². The summed E-state index contributed by atoms with van der Waals surface area (Å²) in [5, 5.41) is 10.1. The van der Waals surface area contributed by atoms with Crippen molar-refractivity contribution in [2.24, 2.45) is 0 Å². The number of aliphatic hydroxyl groups is 1. The van der Waals surface area contributed by atoms with Crippen molar-refractivity contribution < 1.29 is 5.11 Å². The van der Waals surface area contributed by atoms with Gasteiger partial charge in [0.25, 0.3) is 0 Å². The Morgan fingerprint density at radius 1 is 1.38 bits per heavy atom. The van der Waals surface area contributed by atoms with Crippen molar-refractivity contribution in [1.82, 2.24) is 4.90 Å². The van der Waals surface area contributed by atoms with Gasteiger partial charge in [0.15, 0.2) is 0 Å².